The van der Waals surface area contributed by atoms with Crippen molar-refractivity contribution in [2.45, 2.75) is 58.4 Å². The van der Waals surface area contributed by atoms with Crippen LogP contribution in [-0.4, -0.2) is 29.8 Å². The Morgan fingerprint density at radius 1 is 0.909 bits per heavy atom. The van der Waals surface area contributed by atoms with Gasteiger partial charge in [0, 0.05) is 34.9 Å². The molecule has 0 saturated heterocycles. The summed E-state index contributed by atoms with van der Waals surface area (Å²) < 4.78 is 0. The highest BCUT2D eigenvalue weighted by Crippen LogP contribution is 2.36. The second-order valence-electron chi connectivity index (χ2n) is 10.1. The van der Waals surface area contributed by atoms with Gasteiger partial charge in [-0.2, -0.15) is 0 Å². The standard InChI is InChI=1S/C27H33N3O3/c1-27(2,3)29-24(31)19-12-14-20(15-13-19)28-25(32)21-9-5-6-10-22(21)26(33)30-17-16-18-8-4-7-11-23(18)30/h4,7-8,11-15,21-22H,5-6,9-10,16-17H2,1-3H3,(H,28,32)(H,29,31). The van der Waals surface area contributed by atoms with Crippen LogP contribution >= 0.6 is 0 Å². The molecular formula is C27H33N3O3. The van der Waals surface area contributed by atoms with Gasteiger partial charge in [-0.05, 0) is 75.9 Å². The minimum Gasteiger partial charge on any atom is -0.347 e. The molecule has 2 aromatic carbocycles. The molecular weight excluding hydrogens is 414 g/mol. The number of carbonyl (C=O) groups excluding carboxylic acids is 3. The lowest BCUT2D eigenvalue weighted by molar-refractivity contribution is -0.132. The molecule has 0 spiro atoms. The summed E-state index contributed by atoms with van der Waals surface area (Å²) >= 11 is 0. The summed E-state index contributed by atoms with van der Waals surface area (Å²) in [4.78, 5) is 40.9. The summed E-state index contributed by atoms with van der Waals surface area (Å²) in [7, 11) is 0. The van der Waals surface area contributed by atoms with Crippen molar-refractivity contribution in [1.82, 2.24) is 5.32 Å². The molecule has 0 bridgehead atoms. The van der Waals surface area contributed by atoms with Gasteiger partial charge in [-0.1, -0.05) is 31.0 Å². The topological polar surface area (TPSA) is 78.5 Å². The third kappa shape index (κ3) is 5.27. The van der Waals surface area contributed by atoms with Gasteiger partial charge < -0.3 is 15.5 Å². The lowest BCUT2D eigenvalue weighted by Crippen LogP contribution is -2.43. The molecule has 0 radical (unpaired) electrons. The number of nitrogens with one attached hydrogen (secondary N) is 2. The second kappa shape index (κ2) is 9.38. The van der Waals surface area contributed by atoms with Gasteiger partial charge in [-0.25, -0.2) is 0 Å². The van der Waals surface area contributed by atoms with E-state index in [0.29, 0.717) is 24.2 Å². The number of para-hydroxylation sites is 1. The predicted molar refractivity (Wildman–Crippen MR) is 130 cm³/mol. The number of hydrogen-bond acceptors (Lipinski definition) is 3. The zero-order valence-corrected chi connectivity index (χ0v) is 19.7. The van der Waals surface area contributed by atoms with E-state index in [-0.39, 0.29) is 35.1 Å². The number of benzene rings is 2. The van der Waals surface area contributed by atoms with E-state index in [0.717, 1.165) is 31.4 Å². The maximum absolute atomic E-state index is 13.5. The van der Waals surface area contributed by atoms with Gasteiger partial charge in [0.15, 0.2) is 0 Å². The SMILES string of the molecule is CC(C)(C)NC(=O)c1ccc(NC(=O)C2CCCCC2C(=O)N2CCc3ccccc32)cc1. The first kappa shape index (κ1) is 23.0. The van der Waals surface area contributed by atoms with Crippen molar-refractivity contribution in [3.8, 4) is 0 Å². The van der Waals surface area contributed by atoms with E-state index < -0.39 is 0 Å². The van der Waals surface area contributed by atoms with Gasteiger partial charge in [-0.3, -0.25) is 14.4 Å². The number of carbonyl (C=O) groups is 3. The molecule has 2 N–H and O–H groups in total. The van der Waals surface area contributed by atoms with Crippen molar-refractivity contribution in [2.24, 2.45) is 11.8 Å². The van der Waals surface area contributed by atoms with E-state index in [9.17, 15) is 14.4 Å². The fraction of sp³-hybridized carbons (Fsp3) is 0.444. The van der Waals surface area contributed by atoms with Crippen LogP contribution in [0.25, 0.3) is 0 Å². The van der Waals surface area contributed by atoms with Crippen molar-refractivity contribution in [3.63, 3.8) is 0 Å². The van der Waals surface area contributed by atoms with Gasteiger partial charge in [0.2, 0.25) is 11.8 Å². The van der Waals surface area contributed by atoms with Crippen molar-refractivity contribution >= 4 is 29.1 Å². The molecule has 33 heavy (non-hydrogen) atoms. The van der Waals surface area contributed by atoms with Gasteiger partial charge in [-0.15, -0.1) is 0 Å². The number of hydrogen-bond donors (Lipinski definition) is 2. The van der Waals surface area contributed by atoms with Crippen LogP contribution in [0.2, 0.25) is 0 Å². The smallest absolute Gasteiger partial charge is 0.251 e. The second-order valence-corrected chi connectivity index (χ2v) is 10.1. The maximum Gasteiger partial charge on any atom is 0.251 e. The Morgan fingerprint density at radius 2 is 1.58 bits per heavy atom. The Hall–Kier alpha value is -3.15. The molecule has 2 unspecified atom stereocenters. The summed E-state index contributed by atoms with van der Waals surface area (Å²) in [6.45, 7) is 6.48. The quantitative estimate of drug-likeness (QED) is 0.722. The average Bonchev–Trinajstić information content (AvgIpc) is 3.22. The van der Waals surface area contributed by atoms with Crippen LogP contribution in [0.3, 0.4) is 0 Å². The zero-order chi connectivity index (χ0) is 23.6. The molecule has 174 valence electrons. The van der Waals surface area contributed by atoms with E-state index in [1.807, 2.05) is 43.9 Å². The lowest BCUT2D eigenvalue weighted by atomic mass is 9.77. The van der Waals surface area contributed by atoms with E-state index in [2.05, 4.69) is 16.7 Å². The van der Waals surface area contributed by atoms with Crippen LogP contribution in [0.4, 0.5) is 11.4 Å². The van der Waals surface area contributed by atoms with Crippen molar-refractivity contribution in [2.75, 3.05) is 16.8 Å². The molecule has 4 rings (SSSR count). The zero-order valence-electron chi connectivity index (χ0n) is 19.7. The number of rotatable bonds is 4. The highest BCUT2D eigenvalue weighted by atomic mass is 16.2. The highest BCUT2D eigenvalue weighted by Gasteiger charge is 2.39. The van der Waals surface area contributed by atoms with Gasteiger partial charge in [0.1, 0.15) is 0 Å². The molecule has 2 aliphatic rings. The molecule has 0 aromatic heterocycles. The predicted octanol–water partition coefficient (Wildman–Crippen LogP) is 4.55. The van der Waals surface area contributed by atoms with Crippen LogP contribution in [0.5, 0.6) is 0 Å². The maximum atomic E-state index is 13.5. The highest BCUT2D eigenvalue weighted by molar-refractivity contribution is 6.02. The molecule has 2 atom stereocenters. The number of nitrogens with zero attached hydrogens (tertiary/aromatic N) is 1. The Morgan fingerprint density at radius 3 is 2.27 bits per heavy atom. The number of amides is 3. The monoisotopic (exact) mass is 447 g/mol. The van der Waals surface area contributed by atoms with Crippen molar-refractivity contribution in [3.05, 3.63) is 59.7 Å². The average molecular weight is 448 g/mol. The molecule has 6 nitrogen and oxygen atoms in total. The molecule has 3 amide bonds. The minimum absolute atomic E-state index is 0.0639. The number of anilines is 2. The van der Waals surface area contributed by atoms with Crippen LogP contribution in [0, 0.1) is 11.8 Å². The molecule has 1 fully saturated rings. The normalized spacial score (nSPS) is 20.2. The Balaban J connectivity index is 1.43. The fourth-order valence-electron chi connectivity index (χ4n) is 4.86. The third-order valence-corrected chi connectivity index (χ3v) is 6.48. The van der Waals surface area contributed by atoms with E-state index in [1.54, 1.807) is 24.3 Å². The Bertz CT molecular complexity index is 1040. The fourth-order valence-corrected chi connectivity index (χ4v) is 4.86. The first-order chi connectivity index (χ1) is 15.7. The van der Waals surface area contributed by atoms with Crippen LogP contribution < -0.4 is 15.5 Å². The molecule has 1 saturated carbocycles. The van der Waals surface area contributed by atoms with Crippen molar-refractivity contribution in [1.29, 1.82) is 0 Å². The van der Waals surface area contributed by atoms with Gasteiger partial charge >= 0.3 is 0 Å². The van der Waals surface area contributed by atoms with Crippen LogP contribution in [0.1, 0.15) is 62.4 Å². The van der Waals surface area contributed by atoms with E-state index in [4.69, 9.17) is 0 Å². The molecule has 1 aliphatic heterocycles. The van der Waals surface area contributed by atoms with Crippen LogP contribution in [-0.2, 0) is 16.0 Å². The Labute approximate surface area is 195 Å². The summed E-state index contributed by atoms with van der Waals surface area (Å²) in [5, 5.41) is 5.91. The number of fused-ring (bicyclic) bond motifs is 1. The van der Waals surface area contributed by atoms with E-state index >= 15 is 0 Å². The van der Waals surface area contributed by atoms with Gasteiger partial charge in [0.25, 0.3) is 5.91 Å². The summed E-state index contributed by atoms with van der Waals surface area (Å²) in [5.74, 6) is -0.852. The molecule has 1 aliphatic carbocycles. The summed E-state index contributed by atoms with van der Waals surface area (Å²) in [6.07, 6.45) is 4.23. The summed E-state index contributed by atoms with van der Waals surface area (Å²) in [6, 6.07) is 14.9. The lowest BCUT2D eigenvalue weighted by Gasteiger charge is -2.32. The first-order valence-electron chi connectivity index (χ1n) is 11.9. The van der Waals surface area contributed by atoms with Crippen molar-refractivity contribution < 1.29 is 14.4 Å². The van der Waals surface area contributed by atoms with E-state index in [1.165, 1.54) is 5.56 Å². The van der Waals surface area contributed by atoms with Crippen LogP contribution in [0.15, 0.2) is 48.5 Å². The van der Waals surface area contributed by atoms with Gasteiger partial charge in [0.05, 0.1) is 5.92 Å². The molecule has 1 heterocycles. The molecule has 2 aromatic rings. The first-order valence-corrected chi connectivity index (χ1v) is 11.9. The molecule has 6 heteroatoms. The Kier molecular flexibility index (Phi) is 6.54. The largest absolute Gasteiger partial charge is 0.347 e. The minimum atomic E-state index is -0.345. The summed E-state index contributed by atoms with van der Waals surface area (Å²) in [5.41, 5.74) is 3.04. The third-order valence-electron chi connectivity index (χ3n) is 6.48.